The Balaban J connectivity index is 0.000000113. The molecule has 12 amide bonds. The zero-order valence-corrected chi connectivity index (χ0v) is 87.8. The first-order valence-corrected chi connectivity index (χ1v) is 53.2. The lowest BCUT2D eigenvalue weighted by Gasteiger charge is -2.40. The SMILES string of the molecule is CC(=O)CN(C)C(=O)N[C@@H]1CN[C@@H]2Cc3c[nH]c4cccc(c34)[C@H]2C1.CC(=O)CN(C)C(=O)N[C@@H]1CN[C@@H]2Cc3c[nH]c4cccc(c34)[C@H]2C1.CC(=O)CN(C)C(=O)N[C@@H]1CN[C@@H]2Cc3c[nH]c4cccc(c34)[C@H]2C1.CC(=O)CN(C)C(=O)N[C@@H]1CN[C@@H]2Cc3c[nH]c4cccc(c34)[C@H]2C1.CC(=O)CN(C)C(=O)N[C@@H]1CN[C@@H]2Cc3c[nH]c4cccc(c34)[C@H]2C1.CC(=O)CN(C)C(=O)N[C@@H]1CN[C@@H]2Cc3c[nH]c4cccc(c34)[C@H]2C1. The molecule has 12 aliphatic rings. The Kier molecular flexibility index (Phi) is 31.4. The Hall–Kier alpha value is -14.0. The number of aromatic amines is 6. The summed E-state index contributed by atoms with van der Waals surface area (Å²) in [6.07, 6.45) is 24.4. The Bertz CT molecular complexity index is 6040. The number of likely N-dealkylation sites (N-methyl/N-ethyl adjacent to an activating group) is 6. The van der Waals surface area contributed by atoms with Crippen molar-refractivity contribution in [2.24, 2.45) is 0 Å². The van der Waals surface area contributed by atoms with E-state index in [-0.39, 0.29) is 146 Å². The molecule has 792 valence electrons. The van der Waals surface area contributed by atoms with E-state index in [0.29, 0.717) is 71.8 Å². The summed E-state index contributed by atoms with van der Waals surface area (Å²) in [5.74, 6) is 2.26. The number of nitrogens with zero attached hydrogens (tertiary/aromatic N) is 6. The number of ketones is 6. The van der Waals surface area contributed by atoms with Gasteiger partial charge in [-0.1, -0.05) is 72.8 Å². The fourth-order valence-corrected chi connectivity index (χ4v) is 26.0. The minimum atomic E-state index is -0.184. The van der Waals surface area contributed by atoms with E-state index in [0.717, 1.165) is 116 Å². The summed E-state index contributed by atoms with van der Waals surface area (Å²) in [4.78, 5) is 170. The predicted molar refractivity (Wildman–Crippen MR) is 581 cm³/mol. The molecule has 12 heterocycles. The van der Waals surface area contributed by atoms with Gasteiger partial charge < -0.3 is 123 Å². The van der Waals surface area contributed by atoms with E-state index in [1.807, 2.05) is 0 Å². The van der Waals surface area contributed by atoms with Gasteiger partial charge in [-0.3, -0.25) is 28.8 Å². The number of carbonyl (C=O) groups excluding carboxylic acids is 12. The highest BCUT2D eigenvalue weighted by molar-refractivity contribution is 5.95. The van der Waals surface area contributed by atoms with Crippen LogP contribution in [0.25, 0.3) is 65.4 Å². The lowest BCUT2D eigenvalue weighted by atomic mass is 9.75. The Morgan fingerprint density at radius 3 is 0.500 bits per heavy atom. The number of nitrogens with one attached hydrogen (secondary N) is 18. The molecule has 36 heteroatoms. The van der Waals surface area contributed by atoms with Crippen LogP contribution in [0.4, 0.5) is 28.8 Å². The fourth-order valence-electron chi connectivity index (χ4n) is 26.0. The third-order valence-electron chi connectivity index (χ3n) is 32.7. The first-order valence-electron chi connectivity index (χ1n) is 53.2. The van der Waals surface area contributed by atoms with Crippen LogP contribution in [0.2, 0.25) is 0 Å². The zero-order valence-electron chi connectivity index (χ0n) is 87.8. The number of hydrogen-bond donors (Lipinski definition) is 18. The van der Waals surface area contributed by atoms with Crippen molar-refractivity contribution in [2.75, 3.05) is 121 Å². The number of aromatic nitrogens is 6. The predicted octanol–water partition coefficient (Wildman–Crippen LogP) is 10.6. The van der Waals surface area contributed by atoms with Gasteiger partial charge in [0.05, 0.1) is 39.3 Å². The largest absolute Gasteiger partial charge is 0.361 e. The molecular weight excluding hydrogens is 1900 g/mol. The second-order valence-electron chi connectivity index (χ2n) is 44.1. The standard InChI is InChI=1S/6C19H24N4O2/c6*1-11(24)10-23(2)19(25)22-13-7-15-14-4-3-5-16-18(14)12(8-20-16)6-17(15)21-9-13/h6*3-5,8,13,15,17,20-21H,6-7,9-10H2,1-2H3,(H,22,25)/t6*13-,15+,17+/m000000/s1. The maximum atomic E-state index is 12.3. The molecule has 6 fully saturated rings. The van der Waals surface area contributed by atoms with Crippen molar-refractivity contribution in [1.82, 2.24) is 123 Å². The molecular formula is C114H144N24O12. The van der Waals surface area contributed by atoms with Gasteiger partial charge in [-0.2, -0.15) is 0 Å². The molecule has 0 unspecified atom stereocenters. The van der Waals surface area contributed by atoms with Crippen LogP contribution in [-0.4, -0.2) is 324 Å². The topological polar surface area (TPSA) is 463 Å². The van der Waals surface area contributed by atoms with Crippen LogP contribution in [0.1, 0.15) is 182 Å². The Morgan fingerprint density at radius 1 is 0.227 bits per heavy atom. The van der Waals surface area contributed by atoms with Gasteiger partial charge in [0.1, 0.15) is 34.7 Å². The number of amides is 12. The van der Waals surface area contributed by atoms with Gasteiger partial charge in [0.15, 0.2) is 0 Å². The number of piperidine rings is 6. The van der Waals surface area contributed by atoms with Gasteiger partial charge >= 0.3 is 36.2 Å². The van der Waals surface area contributed by atoms with Gasteiger partial charge in [0, 0.05) is 292 Å². The van der Waals surface area contributed by atoms with Crippen molar-refractivity contribution in [1.29, 1.82) is 0 Å². The average molecular weight is 2040 g/mol. The summed E-state index contributed by atoms with van der Waals surface area (Å²) in [7, 11) is 9.94. The second-order valence-corrected chi connectivity index (χ2v) is 44.1. The van der Waals surface area contributed by atoms with Crippen LogP contribution in [0, 0.1) is 0 Å². The van der Waals surface area contributed by atoms with Crippen LogP contribution in [-0.2, 0) is 67.3 Å². The molecule has 6 aromatic heterocycles. The van der Waals surface area contributed by atoms with Crippen molar-refractivity contribution in [3.8, 4) is 0 Å². The maximum absolute atomic E-state index is 12.3. The van der Waals surface area contributed by atoms with E-state index in [4.69, 9.17) is 0 Å². The van der Waals surface area contributed by atoms with Crippen LogP contribution in [0.5, 0.6) is 0 Å². The van der Waals surface area contributed by atoms with E-state index in [2.05, 4.69) is 240 Å². The number of urea groups is 6. The van der Waals surface area contributed by atoms with E-state index >= 15 is 0 Å². The smallest absolute Gasteiger partial charge is 0.317 e. The van der Waals surface area contributed by atoms with Crippen LogP contribution < -0.4 is 63.8 Å². The van der Waals surface area contributed by atoms with Gasteiger partial charge in [0.25, 0.3) is 0 Å². The number of carbonyl (C=O) groups is 12. The normalized spacial score (nSPS) is 24.6. The van der Waals surface area contributed by atoms with Gasteiger partial charge in [-0.25, -0.2) is 28.8 Å². The van der Waals surface area contributed by atoms with E-state index in [1.54, 1.807) is 42.3 Å². The van der Waals surface area contributed by atoms with Crippen molar-refractivity contribution in [3.63, 3.8) is 0 Å². The number of Topliss-reactive ketones (excluding diaryl/α,β-unsaturated/α-hetero) is 6. The third kappa shape index (κ3) is 22.8. The molecule has 0 radical (unpaired) electrons. The zero-order chi connectivity index (χ0) is 105. The molecule has 0 bridgehead atoms. The minimum Gasteiger partial charge on any atom is -0.361 e. The Morgan fingerprint density at radius 2 is 0.367 bits per heavy atom. The number of fused-ring (bicyclic) bond motifs is 12. The fraction of sp³-hybridized carbons (Fsp3) is 0.474. The summed E-state index contributed by atoms with van der Waals surface area (Å²) in [6, 6.07) is 40.4. The molecule has 36 nitrogen and oxygen atoms in total. The van der Waals surface area contributed by atoms with E-state index in [1.165, 1.54) is 203 Å². The molecule has 6 aromatic carbocycles. The van der Waals surface area contributed by atoms with Crippen LogP contribution >= 0.6 is 0 Å². The van der Waals surface area contributed by atoms with E-state index in [9.17, 15) is 57.5 Å². The number of H-pyrrole nitrogens is 6. The number of rotatable bonds is 18. The molecule has 18 N–H and O–H groups in total. The number of benzene rings is 6. The molecule has 6 aliphatic carbocycles. The van der Waals surface area contributed by atoms with Crippen LogP contribution in [0.3, 0.4) is 0 Å². The quantitative estimate of drug-likeness (QED) is 0.0379. The van der Waals surface area contributed by atoms with Gasteiger partial charge in [-0.15, -0.1) is 0 Å². The summed E-state index contributed by atoms with van der Waals surface area (Å²) in [6.45, 7) is 14.4. The second kappa shape index (κ2) is 45.0. The molecule has 150 heavy (non-hydrogen) atoms. The highest BCUT2D eigenvalue weighted by Crippen LogP contribution is 2.48. The molecule has 18 atom stereocenters. The number of hydrogen-bond acceptors (Lipinski definition) is 18. The molecule has 12 aromatic rings. The van der Waals surface area contributed by atoms with Crippen molar-refractivity contribution in [2.45, 2.75) is 227 Å². The average Bonchev–Trinajstić information content (AvgIpc) is 1.58. The van der Waals surface area contributed by atoms with Gasteiger partial charge in [0.2, 0.25) is 0 Å². The van der Waals surface area contributed by atoms with Crippen molar-refractivity contribution >= 4 is 136 Å². The minimum absolute atomic E-state index is 0.0153. The first-order chi connectivity index (χ1) is 72.1. The lowest BCUT2D eigenvalue weighted by Crippen LogP contribution is -2.56. The monoisotopic (exact) mass is 2040 g/mol. The molecule has 0 saturated carbocycles. The Labute approximate surface area is 872 Å². The van der Waals surface area contributed by atoms with Crippen LogP contribution in [0.15, 0.2) is 146 Å². The molecule has 0 spiro atoms. The van der Waals surface area contributed by atoms with Crippen molar-refractivity contribution < 1.29 is 57.5 Å². The molecule has 24 rings (SSSR count). The highest BCUT2D eigenvalue weighted by Gasteiger charge is 2.45. The molecule has 6 aliphatic heterocycles. The lowest BCUT2D eigenvalue weighted by molar-refractivity contribution is -0.118. The summed E-state index contributed by atoms with van der Waals surface area (Å²) in [5.41, 5.74) is 23.6. The van der Waals surface area contributed by atoms with Crippen molar-refractivity contribution in [3.05, 3.63) is 213 Å². The molecule has 6 saturated heterocycles. The van der Waals surface area contributed by atoms with E-state index < -0.39 is 0 Å². The summed E-state index contributed by atoms with van der Waals surface area (Å²) >= 11 is 0. The third-order valence-corrected chi connectivity index (χ3v) is 32.7. The maximum Gasteiger partial charge on any atom is 0.317 e. The first kappa shape index (κ1) is 104. The summed E-state index contributed by atoms with van der Waals surface area (Å²) < 4.78 is 0. The summed E-state index contributed by atoms with van der Waals surface area (Å²) in [5, 5.41) is 48.2. The highest BCUT2D eigenvalue weighted by atomic mass is 16.2. The van der Waals surface area contributed by atoms with Gasteiger partial charge in [-0.05, 0) is 222 Å².